The molecule has 214 valence electrons. The molecule has 0 spiro atoms. The summed E-state index contributed by atoms with van der Waals surface area (Å²) in [7, 11) is 1.18. The number of carbonyl (C=O) groups is 1. The van der Waals surface area contributed by atoms with Crippen LogP contribution in [0, 0.1) is 10.1 Å². The third-order valence-corrected chi connectivity index (χ3v) is 6.39. The Labute approximate surface area is 242 Å². The number of aromatic nitrogens is 2. The summed E-state index contributed by atoms with van der Waals surface area (Å²) >= 11 is 6.13. The molecule has 2 aromatic heterocycles. The second-order valence-electron chi connectivity index (χ2n) is 8.95. The van der Waals surface area contributed by atoms with E-state index < -0.39 is 28.2 Å². The standard InChI is InChI=1S/C29H23ClN4O8/c1-4-40-24-12-17(11-22(34(37)38)26(24)41-16(2)29(36)39-3)15-31-33-27(32-21-8-6-5-7-20(21)28(33)35)25-14-18-13-19(30)9-10-23(18)42-25/h5-16H,4H2,1-3H3/t16-/m0/s1. The van der Waals surface area contributed by atoms with Gasteiger partial charge < -0.3 is 18.6 Å². The number of benzene rings is 3. The molecule has 0 bridgehead atoms. The Balaban J connectivity index is 1.66. The van der Waals surface area contributed by atoms with E-state index in [9.17, 15) is 19.7 Å². The maximum atomic E-state index is 13.6. The van der Waals surface area contributed by atoms with Crippen molar-refractivity contribution in [3.8, 4) is 23.1 Å². The second kappa shape index (κ2) is 11.7. The van der Waals surface area contributed by atoms with E-state index in [1.165, 1.54) is 32.4 Å². The minimum Gasteiger partial charge on any atom is -0.490 e. The number of hydrogen-bond donors (Lipinski definition) is 0. The molecule has 12 nitrogen and oxygen atoms in total. The minimum absolute atomic E-state index is 0.00210. The zero-order valence-electron chi connectivity index (χ0n) is 22.6. The number of nitro benzene ring substituents is 1. The number of halogens is 1. The number of furan rings is 1. The van der Waals surface area contributed by atoms with Crippen LogP contribution >= 0.6 is 11.6 Å². The van der Waals surface area contributed by atoms with E-state index in [0.717, 1.165) is 4.68 Å². The van der Waals surface area contributed by atoms with E-state index in [2.05, 4.69) is 14.8 Å². The zero-order chi connectivity index (χ0) is 30.0. The Kier molecular flexibility index (Phi) is 7.89. The van der Waals surface area contributed by atoms with Crippen molar-refractivity contribution in [1.29, 1.82) is 0 Å². The number of nitrogens with zero attached hydrogens (tertiary/aromatic N) is 4. The van der Waals surface area contributed by atoms with Crippen molar-refractivity contribution in [2.75, 3.05) is 13.7 Å². The summed E-state index contributed by atoms with van der Waals surface area (Å²) < 4.78 is 22.9. The van der Waals surface area contributed by atoms with Gasteiger partial charge in [-0.15, -0.1) is 0 Å². The normalized spacial score (nSPS) is 12.1. The lowest BCUT2D eigenvalue weighted by Crippen LogP contribution is -2.25. The van der Waals surface area contributed by atoms with Gasteiger partial charge in [0.05, 0.1) is 35.8 Å². The van der Waals surface area contributed by atoms with Gasteiger partial charge in [0, 0.05) is 22.0 Å². The summed E-state index contributed by atoms with van der Waals surface area (Å²) in [5.74, 6) is -0.603. The molecule has 0 N–H and O–H groups in total. The summed E-state index contributed by atoms with van der Waals surface area (Å²) in [6, 6.07) is 16.2. The van der Waals surface area contributed by atoms with Gasteiger partial charge >= 0.3 is 11.7 Å². The molecular weight excluding hydrogens is 568 g/mol. The van der Waals surface area contributed by atoms with E-state index in [0.29, 0.717) is 26.9 Å². The summed E-state index contributed by atoms with van der Waals surface area (Å²) in [5, 5.41) is 17.9. The van der Waals surface area contributed by atoms with E-state index in [4.69, 9.17) is 25.5 Å². The van der Waals surface area contributed by atoms with Gasteiger partial charge in [-0.3, -0.25) is 14.9 Å². The second-order valence-corrected chi connectivity index (χ2v) is 9.38. The molecule has 1 atom stereocenters. The lowest BCUT2D eigenvalue weighted by Gasteiger charge is -2.16. The van der Waals surface area contributed by atoms with Gasteiger partial charge in [0.25, 0.3) is 5.56 Å². The predicted octanol–water partition coefficient (Wildman–Crippen LogP) is 5.59. The predicted molar refractivity (Wildman–Crippen MR) is 156 cm³/mol. The number of hydrogen-bond acceptors (Lipinski definition) is 10. The summed E-state index contributed by atoms with van der Waals surface area (Å²) in [4.78, 5) is 41.4. The Morgan fingerprint density at radius 2 is 2.00 bits per heavy atom. The van der Waals surface area contributed by atoms with Gasteiger partial charge in [-0.2, -0.15) is 9.78 Å². The van der Waals surface area contributed by atoms with Crippen molar-refractivity contribution in [2.24, 2.45) is 5.10 Å². The molecule has 0 radical (unpaired) electrons. The van der Waals surface area contributed by atoms with Crippen LogP contribution in [-0.2, 0) is 9.53 Å². The summed E-state index contributed by atoms with van der Waals surface area (Å²) in [6.45, 7) is 3.23. The van der Waals surface area contributed by atoms with Crippen LogP contribution in [0.2, 0.25) is 5.02 Å². The zero-order valence-corrected chi connectivity index (χ0v) is 23.3. The number of nitro groups is 1. The summed E-state index contributed by atoms with van der Waals surface area (Å²) in [5.41, 5.74) is 0.206. The van der Waals surface area contributed by atoms with E-state index >= 15 is 0 Å². The average Bonchev–Trinajstić information content (AvgIpc) is 3.40. The highest BCUT2D eigenvalue weighted by molar-refractivity contribution is 6.31. The van der Waals surface area contributed by atoms with Crippen LogP contribution in [0.1, 0.15) is 19.4 Å². The number of para-hydroxylation sites is 1. The van der Waals surface area contributed by atoms with Crippen LogP contribution in [-0.4, -0.2) is 46.6 Å². The summed E-state index contributed by atoms with van der Waals surface area (Å²) in [6.07, 6.45) is 0.111. The van der Waals surface area contributed by atoms with E-state index in [-0.39, 0.29) is 35.3 Å². The van der Waals surface area contributed by atoms with Gasteiger partial charge in [0.1, 0.15) is 5.58 Å². The molecule has 0 aliphatic heterocycles. The number of carbonyl (C=O) groups excluding carboxylic acids is 1. The Bertz CT molecular complexity index is 1930. The maximum absolute atomic E-state index is 13.6. The van der Waals surface area contributed by atoms with Gasteiger partial charge in [-0.05, 0) is 56.3 Å². The van der Waals surface area contributed by atoms with Crippen LogP contribution < -0.4 is 15.0 Å². The molecular formula is C29H23ClN4O8. The van der Waals surface area contributed by atoms with Crippen molar-refractivity contribution < 1.29 is 28.3 Å². The fraction of sp³-hybridized carbons (Fsp3) is 0.172. The van der Waals surface area contributed by atoms with Gasteiger partial charge in [0.15, 0.2) is 17.6 Å². The molecule has 0 unspecified atom stereocenters. The highest BCUT2D eigenvalue weighted by atomic mass is 35.5. The van der Waals surface area contributed by atoms with Crippen molar-refractivity contribution >= 4 is 51.3 Å². The van der Waals surface area contributed by atoms with Crippen molar-refractivity contribution in [3.05, 3.63) is 91.7 Å². The first kappa shape index (κ1) is 28.3. The van der Waals surface area contributed by atoms with Gasteiger partial charge in [-0.1, -0.05) is 23.7 Å². The first-order valence-corrected chi connectivity index (χ1v) is 13.0. The highest BCUT2D eigenvalue weighted by Gasteiger charge is 2.27. The van der Waals surface area contributed by atoms with E-state index in [1.807, 2.05) is 0 Å². The third kappa shape index (κ3) is 5.52. The maximum Gasteiger partial charge on any atom is 0.346 e. The third-order valence-electron chi connectivity index (χ3n) is 6.16. The Morgan fingerprint density at radius 1 is 1.21 bits per heavy atom. The first-order chi connectivity index (χ1) is 20.2. The smallest absolute Gasteiger partial charge is 0.346 e. The number of methoxy groups -OCH3 is 1. The molecule has 0 aliphatic rings. The topological polar surface area (TPSA) is 148 Å². The quantitative estimate of drug-likeness (QED) is 0.0926. The molecule has 13 heteroatoms. The number of rotatable bonds is 9. The average molecular weight is 591 g/mol. The molecule has 5 aromatic rings. The molecule has 0 saturated heterocycles. The fourth-order valence-electron chi connectivity index (χ4n) is 4.23. The first-order valence-electron chi connectivity index (χ1n) is 12.7. The molecule has 42 heavy (non-hydrogen) atoms. The van der Waals surface area contributed by atoms with Crippen LogP contribution in [0.4, 0.5) is 5.69 Å². The van der Waals surface area contributed by atoms with Crippen LogP contribution in [0.15, 0.2) is 75.0 Å². The SMILES string of the molecule is CCOc1cc(C=Nn2c(-c3cc4cc(Cl)ccc4o3)nc3ccccc3c2=O)cc([N+](=O)[O-])c1O[C@@H](C)C(=O)OC. The molecule has 0 aliphatic carbocycles. The Morgan fingerprint density at radius 3 is 2.74 bits per heavy atom. The lowest BCUT2D eigenvalue weighted by atomic mass is 10.1. The minimum atomic E-state index is -1.14. The van der Waals surface area contributed by atoms with Crippen molar-refractivity contribution in [3.63, 3.8) is 0 Å². The van der Waals surface area contributed by atoms with Crippen molar-refractivity contribution in [1.82, 2.24) is 9.66 Å². The van der Waals surface area contributed by atoms with Crippen LogP contribution in [0.25, 0.3) is 33.5 Å². The fourth-order valence-corrected chi connectivity index (χ4v) is 4.41. The molecule has 0 fully saturated rings. The highest BCUT2D eigenvalue weighted by Crippen LogP contribution is 2.39. The van der Waals surface area contributed by atoms with Gasteiger partial charge in [0.2, 0.25) is 11.6 Å². The lowest BCUT2D eigenvalue weighted by molar-refractivity contribution is -0.386. The van der Waals surface area contributed by atoms with Crippen LogP contribution in [0.5, 0.6) is 11.5 Å². The number of esters is 1. The van der Waals surface area contributed by atoms with Gasteiger partial charge in [-0.25, -0.2) is 9.78 Å². The molecule has 0 saturated carbocycles. The number of fused-ring (bicyclic) bond motifs is 2. The van der Waals surface area contributed by atoms with Crippen molar-refractivity contribution in [2.45, 2.75) is 20.0 Å². The van der Waals surface area contributed by atoms with E-state index in [1.54, 1.807) is 55.5 Å². The largest absolute Gasteiger partial charge is 0.490 e. The molecule has 2 heterocycles. The molecule has 5 rings (SSSR count). The Hall–Kier alpha value is -5.23. The monoisotopic (exact) mass is 590 g/mol. The molecule has 0 amide bonds. The molecule has 3 aromatic carbocycles. The number of ether oxygens (including phenoxy) is 3. The van der Waals surface area contributed by atoms with Crippen LogP contribution in [0.3, 0.4) is 0 Å².